The van der Waals surface area contributed by atoms with Crippen LogP contribution in [0.5, 0.6) is 0 Å². The molecule has 3 aromatic rings. The summed E-state index contributed by atoms with van der Waals surface area (Å²) < 4.78 is 4.94. The molecular weight excluding hydrogens is 436 g/mol. The van der Waals surface area contributed by atoms with Crippen LogP contribution in [0.2, 0.25) is 0 Å². The molecule has 0 atom stereocenters. The predicted molar refractivity (Wildman–Crippen MR) is 130 cm³/mol. The minimum Gasteiger partial charge on any atom is -0.383 e. The zero-order valence-corrected chi connectivity index (χ0v) is 19.0. The van der Waals surface area contributed by atoms with Gasteiger partial charge in [0, 0.05) is 43.1 Å². The van der Waals surface area contributed by atoms with Crippen LogP contribution >= 0.6 is 0 Å². The molecule has 176 valence electrons. The molecule has 0 aliphatic rings. The van der Waals surface area contributed by atoms with Gasteiger partial charge in [0.15, 0.2) is 0 Å². The molecule has 0 saturated carbocycles. The lowest BCUT2D eigenvalue weighted by molar-refractivity contribution is -0.384. The van der Waals surface area contributed by atoms with Crippen molar-refractivity contribution in [1.82, 2.24) is 5.32 Å². The van der Waals surface area contributed by atoms with Gasteiger partial charge in [0.1, 0.15) is 5.69 Å². The number of amides is 2. The Morgan fingerprint density at radius 1 is 0.971 bits per heavy atom. The molecule has 3 N–H and O–H groups in total. The number of rotatable bonds is 10. The van der Waals surface area contributed by atoms with E-state index >= 15 is 0 Å². The molecule has 3 aromatic carbocycles. The minimum atomic E-state index is -0.536. The summed E-state index contributed by atoms with van der Waals surface area (Å²) in [6.07, 6.45) is 0. The van der Waals surface area contributed by atoms with Gasteiger partial charge in [-0.3, -0.25) is 19.7 Å². The Morgan fingerprint density at radius 3 is 2.41 bits per heavy atom. The van der Waals surface area contributed by atoms with E-state index in [0.29, 0.717) is 30.1 Å². The number of hydrogen-bond acceptors (Lipinski definition) is 6. The van der Waals surface area contributed by atoms with Crippen LogP contribution < -0.4 is 16.0 Å². The molecule has 0 aliphatic carbocycles. The second-order valence-corrected chi connectivity index (χ2v) is 7.61. The van der Waals surface area contributed by atoms with Crippen molar-refractivity contribution in [2.24, 2.45) is 0 Å². The van der Waals surface area contributed by atoms with E-state index < -0.39 is 10.8 Å². The largest absolute Gasteiger partial charge is 0.383 e. The third-order valence-electron chi connectivity index (χ3n) is 5.03. The van der Waals surface area contributed by atoms with Crippen molar-refractivity contribution in [3.8, 4) is 0 Å². The van der Waals surface area contributed by atoms with Crippen LogP contribution in [-0.4, -0.2) is 37.0 Å². The molecule has 0 fully saturated rings. The summed E-state index contributed by atoms with van der Waals surface area (Å²) in [7, 11) is 1.54. The third-order valence-corrected chi connectivity index (χ3v) is 5.03. The first-order chi connectivity index (χ1) is 16.4. The van der Waals surface area contributed by atoms with Crippen LogP contribution in [0.1, 0.15) is 31.8 Å². The smallest absolute Gasteiger partial charge is 0.293 e. The quantitative estimate of drug-likeness (QED) is 0.236. The first-order valence-corrected chi connectivity index (χ1v) is 10.6. The Balaban J connectivity index is 1.63. The molecular formula is C25H26N4O5. The van der Waals surface area contributed by atoms with Crippen LogP contribution in [0.15, 0.2) is 66.7 Å². The van der Waals surface area contributed by atoms with Gasteiger partial charge in [0.05, 0.1) is 11.5 Å². The summed E-state index contributed by atoms with van der Waals surface area (Å²) in [6.45, 7) is 2.93. The molecule has 2 amide bonds. The van der Waals surface area contributed by atoms with Crippen LogP contribution in [0.25, 0.3) is 0 Å². The van der Waals surface area contributed by atoms with Crippen LogP contribution in [-0.2, 0) is 11.3 Å². The number of methoxy groups -OCH3 is 1. The Hall–Kier alpha value is -4.24. The van der Waals surface area contributed by atoms with E-state index in [-0.39, 0.29) is 23.7 Å². The van der Waals surface area contributed by atoms with Crippen molar-refractivity contribution in [2.75, 3.05) is 30.9 Å². The van der Waals surface area contributed by atoms with Gasteiger partial charge in [0.25, 0.3) is 17.5 Å². The average Bonchev–Trinajstić information content (AvgIpc) is 2.83. The number of nitro groups is 1. The highest BCUT2D eigenvalue weighted by atomic mass is 16.6. The number of nitrogens with zero attached hydrogens (tertiary/aromatic N) is 1. The molecule has 0 aromatic heterocycles. The Bertz CT molecular complexity index is 1180. The van der Waals surface area contributed by atoms with E-state index in [9.17, 15) is 19.7 Å². The topological polar surface area (TPSA) is 123 Å². The van der Waals surface area contributed by atoms with Crippen LogP contribution in [0, 0.1) is 17.0 Å². The van der Waals surface area contributed by atoms with Crippen molar-refractivity contribution in [2.45, 2.75) is 13.5 Å². The molecule has 34 heavy (non-hydrogen) atoms. The van der Waals surface area contributed by atoms with Gasteiger partial charge in [-0.15, -0.1) is 0 Å². The number of carbonyl (C=O) groups excluding carboxylic acids is 2. The molecule has 0 radical (unpaired) electrons. The molecule has 0 heterocycles. The van der Waals surface area contributed by atoms with Crippen molar-refractivity contribution < 1.29 is 19.2 Å². The van der Waals surface area contributed by atoms with Gasteiger partial charge in [-0.05, 0) is 48.9 Å². The molecule has 3 rings (SSSR count). The molecule has 0 spiro atoms. The highest BCUT2D eigenvalue weighted by Gasteiger charge is 2.17. The average molecular weight is 463 g/mol. The van der Waals surface area contributed by atoms with Gasteiger partial charge in [-0.25, -0.2) is 0 Å². The van der Waals surface area contributed by atoms with E-state index in [1.54, 1.807) is 30.3 Å². The normalized spacial score (nSPS) is 10.4. The lowest BCUT2D eigenvalue weighted by atomic mass is 10.1. The number of anilines is 2. The number of nitrogens with one attached hydrogen (secondary N) is 3. The summed E-state index contributed by atoms with van der Waals surface area (Å²) >= 11 is 0. The van der Waals surface area contributed by atoms with E-state index in [1.807, 2.05) is 25.1 Å². The summed E-state index contributed by atoms with van der Waals surface area (Å²) in [6, 6.07) is 18.6. The zero-order valence-electron chi connectivity index (χ0n) is 19.0. The fourth-order valence-corrected chi connectivity index (χ4v) is 3.21. The third kappa shape index (κ3) is 6.63. The van der Waals surface area contributed by atoms with Gasteiger partial charge in [-0.1, -0.05) is 29.8 Å². The summed E-state index contributed by atoms with van der Waals surface area (Å²) in [5, 5.41) is 19.9. The van der Waals surface area contributed by atoms with Crippen molar-refractivity contribution in [3.05, 3.63) is 99.1 Å². The number of aryl methyl sites for hydroxylation is 1. The number of ether oxygens (including phenoxy) is 1. The standard InChI is InChI=1S/C25H26N4O5/c1-17-6-8-19(9-7-17)25(31)28-21-5-3-4-18(14-21)16-27-24(30)20-10-11-22(26-12-13-34-2)23(15-20)29(32)33/h3-11,14-15,26H,12-13,16H2,1-2H3,(H,27,30)(H,28,31). The number of hydrogen-bond donors (Lipinski definition) is 3. The monoisotopic (exact) mass is 462 g/mol. The Labute approximate surface area is 197 Å². The highest BCUT2D eigenvalue weighted by Crippen LogP contribution is 2.25. The van der Waals surface area contributed by atoms with Crippen molar-refractivity contribution in [1.29, 1.82) is 0 Å². The second kappa shape index (κ2) is 11.6. The lowest BCUT2D eigenvalue weighted by Gasteiger charge is -2.10. The summed E-state index contributed by atoms with van der Waals surface area (Å²) in [5.41, 5.74) is 3.28. The Morgan fingerprint density at radius 2 is 1.71 bits per heavy atom. The molecule has 0 aliphatic heterocycles. The first-order valence-electron chi connectivity index (χ1n) is 10.6. The van der Waals surface area contributed by atoms with E-state index in [2.05, 4.69) is 16.0 Å². The van der Waals surface area contributed by atoms with Crippen molar-refractivity contribution in [3.63, 3.8) is 0 Å². The number of carbonyl (C=O) groups is 2. The predicted octanol–water partition coefficient (Wildman–Crippen LogP) is 4.14. The fourth-order valence-electron chi connectivity index (χ4n) is 3.21. The fraction of sp³-hybridized carbons (Fsp3) is 0.200. The number of nitro benzene ring substituents is 1. The van der Waals surface area contributed by atoms with Crippen LogP contribution in [0.4, 0.5) is 17.1 Å². The SMILES string of the molecule is COCCNc1ccc(C(=O)NCc2cccc(NC(=O)c3ccc(C)cc3)c2)cc1[N+](=O)[O-]. The van der Waals surface area contributed by atoms with Crippen molar-refractivity contribution >= 4 is 28.9 Å². The van der Waals surface area contributed by atoms with Gasteiger partial charge >= 0.3 is 0 Å². The summed E-state index contributed by atoms with van der Waals surface area (Å²) in [4.78, 5) is 35.9. The molecule has 0 unspecified atom stereocenters. The second-order valence-electron chi connectivity index (χ2n) is 7.61. The number of benzene rings is 3. The van der Waals surface area contributed by atoms with Gasteiger partial charge in [-0.2, -0.15) is 0 Å². The minimum absolute atomic E-state index is 0.174. The maximum absolute atomic E-state index is 12.6. The molecule has 0 bridgehead atoms. The maximum atomic E-state index is 12.6. The molecule has 0 saturated heterocycles. The summed E-state index contributed by atoms with van der Waals surface area (Å²) in [5.74, 6) is -0.673. The molecule has 9 heteroatoms. The maximum Gasteiger partial charge on any atom is 0.293 e. The molecule has 9 nitrogen and oxygen atoms in total. The Kier molecular flexibility index (Phi) is 8.31. The highest BCUT2D eigenvalue weighted by molar-refractivity contribution is 6.04. The van der Waals surface area contributed by atoms with E-state index in [4.69, 9.17) is 4.74 Å². The zero-order chi connectivity index (χ0) is 24.5. The lowest BCUT2D eigenvalue weighted by Crippen LogP contribution is -2.23. The van der Waals surface area contributed by atoms with Crippen LogP contribution in [0.3, 0.4) is 0 Å². The van der Waals surface area contributed by atoms with E-state index in [0.717, 1.165) is 11.1 Å². The van der Waals surface area contributed by atoms with Gasteiger partial charge < -0.3 is 20.7 Å². The first kappa shape index (κ1) is 24.4. The van der Waals surface area contributed by atoms with Gasteiger partial charge in [0.2, 0.25) is 0 Å². The van der Waals surface area contributed by atoms with E-state index in [1.165, 1.54) is 25.3 Å².